The van der Waals surface area contributed by atoms with Crippen LogP contribution in [0.3, 0.4) is 0 Å². The molecule has 1 fully saturated rings. The van der Waals surface area contributed by atoms with E-state index >= 15 is 0 Å². The van der Waals surface area contributed by atoms with E-state index in [-0.39, 0.29) is 5.91 Å². The minimum atomic E-state index is -0.244. The maximum atomic E-state index is 12.5. The van der Waals surface area contributed by atoms with Crippen LogP contribution in [0.5, 0.6) is 11.5 Å². The zero-order valence-corrected chi connectivity index (χ0v) is 15.5. The van der Waals surface area contributed by atoms with Crippen molar-refractivity contribution in [2.75, 3.05) is 13.2 Å². The molecular weight excluding hydrogens is 340 g/mol. The van der Waals surface area contributed by atoms with Gasteiger partial charge in [-0.2, -0.15) is 5.10 Å². The minimum Gasteiger partial charge on any atom is -0.490 e. The van der Waals surface area contributed by atoms with E-state index in [0.29, 0.717) is 24.5 Å². The van der Waals surface area contributed by atoms with Crippen LogP contribution >= 0.6 is 0 Å². The fourth-order valence-corrected chi connectivity index (χ4v) is 3.05. The SMILES string of the molecule is O=C(NN=C1CCCCCC1)c1ccccc1OCCOc1ccccc1. The average molecular weight is 366 g/mol. The summed E-state index contributed by atoms with van der Waals surface area (Å²) < 4.78 is 11.4. The van der Waals surface area contributed by atoms with Crippen molar-refractivity contribution in [3.63, 3.8) is 0 Å². The molecular formula is C22H26N2O3. The molecule has 1 N–H and O–H groups in total. The van der Waals surface area contributed by atoms with Crippen LogP contribution < -0.4 is 14.9 Å². The highest BCUT2D eigenvalue weighted by molar-refractivity contribution is 5.97. The third kappa shape index (κ3) is 6.13. The number of hydrogen-bond acceptors (Lipinski definition) is 4. The van der Waals surface area contributed by atoms with Gasteiger partial charge in [-0.3, -0.25) is 4.79 Å². The number of carbonyl (C=O) groups is 1. The number of rotatable bonds is 7. The highest BCUT2D eigenvalue weighted by atomic mass is 16.5. The van der Waals surface area contributed by atoms with Gasteiger partial charge < -0.3 is 9.47 Å². The van der Waals surface area contributed by atoms with Gasteiger partial charge in [0.15, 0.2) is 0 Å². The summed E-state index contributed by atoms with van der Waals surface area (Å²) in [6.07, 6.45) is 6.72. The third-order valence-electron chi connectivity index (χ3n) is 4.48. The Balaban J connectivity index is 1.53. The van der Waals surface area contributed by atoms with Crippen molar-refractivity contribution in [3.05, 3.63) is 60.2 Å². The fourth-order valence-electron chi connectivity index (χ4n) is 3.05. The maximum absolute atomic E-state index is 12.5. The predicted octanol–water partition coefficient (Wildman–Crippen LogP) is 4.58. The number of benzene rings is 2. The summed E-state index contributed by atoms with van der Waals surface area (Å²) in [5, 5.41) is 4.33. The van der Waals surface area contributed by atoms with E-state index in [4.69, 9.17) is 9.47 Å². The van der Waals surface area contributed by atoms with Crippen LogP contribution in [-0.2, 0) is 0 Å². The summed E-state index contributed by atoms with van der Waals surface area (Å²) in [5.41, 5.74) is 4.25. The van der Waals surface area contributed by atoms with Crippen molar-refractivity contribution >= 4 is 11.6 Å². The highest BCUT2D eigenvalue weighted by Crippen LogP contribution is 2.19. The molecule has 2 aromatic rings. The lowest BCUT2D eigenvalue weighted by molar-refractivity contribution is 0.0949. The first kappa shape index (κ1) is 19.0. The summed E-state index contributed by atoms with van der Waals surface area (Å²) >= 11 is 0. The van der Waals surface area contributed by atoms with Gasteiger partial charge in [0, 0.05) is 5.71 Å². The second kappa shape index (κ2) is 10.4. The zero-order valence-electron chi connectivity index (χ0n) is 15.5. The Hall–Kier alpha value is -2.82. The molecule has 5 heteroatoms. The van der Waals surface area contributed by atoms with E-state index in [1.807, 2.05) is 42.5 Å². The van der Waals surface area contributed by atoms with Crippen LogP contribution in [0, 0.1) is 0 Å². The van der Waals surface area contributed by atoms with Crippen LogP contribution in [-0.4, -0.2) is 24.8 Å². The summed E-state index contributed by atoms with van der Waals surface area (Å²) in [5.74, 6) is 1.09. The second-order valence-electron chi connectivity index (χ2n) is 6.54. The predicted molar refractivity (Wildman–Crippen MR) is 106 cm³/mol. The van der Waals surface area contributed by atoms with Crippen LogP contribution in [0.15, 0.2) is 59.7 Å². The van der Waals surface area contributed by atoms with Crippen molar-refractivity contribution in [1.29, 1.82) is 0 Å². The van der Waals surface area contributed by atoms with E-state index in [2.05, 4.69) is 10.5 Å². The van der Waals surface area contributed by atoms with E-state index in [9.17, 15) is 4.79 Å². The molecule has 1 aliphatic carbocycles. The number of nitrogens with zero attached hydrogens (tertiary/aromatic N) is 1. The van der Waals surface area contributed by atoms with Crippen molar-refractivity contribution in [2.24, 2.45) is 5.10 Å². The van der Waals surface area contributed by atoms with Gasteiger partial charge in [0.05, 0.1) is 5.56 Å². The molecule has 0 unspecified atom stereocenters. The number of hydrazone groups is 1. The average Bonchev–Trinajstić information content (AvgIpc) is 2.99. The van der Waals surface area contributed by atoms with E-state index in [1.165, 1.54) is 12.8 Å². The molecule has 0 aliphatic heterocycles. The van der Waals surface area contributed by atoms with E-state index in [1.54, 1.807) is 12.1 Å². The molecule has 0 bridgehead atoms. The molecule has 142 valence electrons. The van der Waals surface area contributed by atoms with E-state index in [0.717, 1.165) is 37.1 Å². The first-order valence-electron chi connectivity index (χ1n) is 9.58. The fraction of sp³-hybridized carbons (Fsp3) is 0.364. The van der Waals surface area contributed by atoms with Crippen LogP contribution in [0.25, 0.3) is 0 Å². The smallest absolute Gasteiger partial charge is 0.275 e. The highest BCUT2D eigenvalue weighted by Gasteiger charge is 2.12. The van der Waals surface area contributed by atoms with Crippen molar-refractivity contribution < 1.29 is 14.3 Å². The molecule has 0 atom stereocenters. The van der Waals surface area contributed by atoms with Gasteiger partial charge in [0.25, 0.3) is 5.91 Å². The van der Waals surface area contributed by atoms with Gasteiger partial charge in [0.2, 0.25) is 0 Å². The van der Waals surface area contributed by atoms with Gasteiger partial charge in [-0.25, -0.2) is 5.43 Å². The Labute approximate surface area is 160 Å². The molecule has 27 heavy (non-hydrogen) atoms. The second-order valence-corrected chi connectivity index (χ2v) is 6.54. The lowest BCUT2D eigenvalue weighted by Crippen LogP contribution is -2.21. The molecule has 0 radical (unpaired) electrons. The van der Waals surface area contributed by atoms with Gasteiger partial charge in [-0.05, 0) is 49.9 Å². The normalized spacial score (nSPS) is 14.1. The Bertz CT molecular complexity index is 749. The molecule has 0 spiro atoms. The number of nitrogens with one attached hydrogen (secondary N) is 1. The maximum Gasteiger partial charge on any atom is 0.275 e. The van der Waals surface area contributed by atoms with Crippen molar-refractivity contribution in [2.45, 2.75) is 38.5 Å². The minimum absolute atomic E-state index is 0.244. The Morgan fingerprint density at radius 1 is 0.852 bits per heavy atom. The van der Waals surface area contributed by atoms with Gasteiger partial charge in [-0.1, -0.05) is 43.2 Å². The quantitative estimate of drug-likeness (QED) is 0.443. The Kier molecular flexibility index (Phi) is 7.27. The summed E-state index contributed by atoms with van der Waals surface area (Å²) in [4.78, 5) is 12.5. The van der Waals surface area contributed by atoms with Gasteiger partial charge in [0.1, 0.15) is 24.7 Å². The molecule has 5 nitrogen and oxygen atoms in total. The summed E-state index contributed by atoms with van der Waals surface area (Å²) in [7, 11) is 0. The Morgan fingerprint density at radius 3 is 2.30 bits per heavy atom. The number of ether oxygens (including phenoxy) is 2. The van der Waals surface area contributed by atoms with Crippen molar-refractivity contribution in [3.8, 4) is 11.5 Å². The molecule has 3 rings (SSSR count). The third-order valence-corrected chi connectivity index (χ3v) is 4.48. The standard InChI is InChI=1S/C22H26N2O3/c25-22(24-23-18-10-4-1-2-5-11-18)20-14-8-9-15-21(20)27-17-16-26-19-12-6-3-7-13-19/h3,6-9,12-15H,1-2,4-5,10-11,16-17H2,(H,24,25). The number of para-hydroxylation sites is 2. The monoisotopic (exact) mass is 366 g/mol. The summed E-state index contributed by atoms with van der Waals surface area (Å²) in [6.45, 7) is 0.760. The van der Waals surface area contributed by atoms with Crippen molar-refractivity contribution in [1.82, 2.24) is 5.43 Å². The lowest BCUT2D eigenvalue weighted by Gasteiger charge is -2.11. The van der Waals surface area contributed by atoms with Crippen LogP contribution in [0.1, 0.15) is 48.9 Å². The molecule has 0 heterocycles. The lowest BCUT2D eigenvalue weighted by atomic mass is 10.2. The number of carbonyl (C=O) groups excluding carboxylic acids is 1. The molecule has 0 saturated heterocycles. The van der Waals surface area contributed by atoms with Gasteiger partial charge in [-0.15, -0.1) is 0 Å². The molecule has 1 saturated carbocycles. The largest absolute Gasteiger partial charge is 0.490 e. The molecule has 1 amide bonds. The molecule has 2 aromatic carbocycles. The van der Waals surface area contributed by atoms with Crippen LogP contribution in [0.2, 0.25) is 0 Å². The van der Waals surface area contributed by atoms with Gasteiger partial charge >= 0.3 is 0 Å². The topological polar surface area (TPSA) is 59.9 Å². The van der Waals surface area contributed by atoms with E-state index < -0.39 is 0 Å². The van der Waals surface area contributed by atoms with Crippen LogP contribution in [0.4, 0.5) is 0 Å². The first-order valence-corrected chi connectivity index (χ1v) is 9.58. The molecule has 1 aliphatic rings. The number of hydrogen-bond donors (Lipinski definition) is 1. The number of amides is 1. The molecule has 0 aromatic heterocycles. The Morgan fingerprint density at radius 2 is 1.52 bits per heavy atom. The summed E-state index contributed by atoms with van der Waals surface area (Å²) in [6, 6.07) is 16.8. The first-order chi connectivity index (χ1) is 13.3. The zero-order chi connectivity index (χ0) is 18.7.